The number of halogens is 4. The predicted octanol–water partition coefficient (Wildman–Crippen LogP) is 1.52. The summed E-state index contributed by atoms with van der Waals surface area (Å²) < 4.78 is 50.7. The lowest BCUT2D eigenvalue weighted by molar-refractivity contribution is -0.192. The summed E-state index contributed by atoms with van der Waals surface area (Å²) in [7, 11) is 0. The molecule has 0 bridgehead atoms. The molecule has 1 aromatic heterocycles. The maximum absolute atomic E-state index is 14.0. The highest BCUT2D eigenvalue weighted by Crippen LogP contribution is 2.23. The fourth-order valence-electron chi connectivity index (χ4n) is 2.21. The van der Waals surface area contributed by atoms with Crippen LogP contribution < -0.4 is 15.8 Å². The van der Waals surface area contributed by atoms with Gasteiger partial charge in [-0.3, -0.25) is 10.2 Å². The van der Waals surface area contributed by atoms with Gasteiger partial charge in [-0.1, -0.05) is 0 Å². The van der Waals surface area contributed by atoms with Crippen LogP contribution in [-0.2, 0) is 20.8 Å². The van der Waals surface area contributed by atoms with E-state index >= 15 is 0 Å². The van der Waals surface area contributed by atoms with Gasteiger partial charge in [-0.05, 0) is 36.8 Å². The summed E-state index contributed by atoms with van der Waals surface area (Å²) in [6.07, 6.45) is -4.89. The van der Waals surface area contributed by atoms with Gasteiger partial charge in [0.15, 0.2) is 11.6 Å². The molecule has 0 fully saturated rings. The van der Waals surface area contributed by atoms with Crippen molar-refractivity contribution in [2.24, 2.45) is 5.73 Å². The van der Waals surface area contributed by atoms with Gasteiger partial charge in [0.05, 0.1) is 6.61 Å². The number of carbonyl (C=O) groups excluding carboxylic acids is 2. The van der Waals surface area contributed by atoms with Crippen molar-refractivity contribution in [1.29, 1.82) is 5.41 Å². The molecule has 2 rings (SSSR count). The van der Waals surface area contributed by atoms with E-state index in [2.05, 4.69) is 5.32 Å². The zero-order valence-corrected chi connectivity index (χ0v) is 18.8. The van der Waals surface area contributed by atoms with E-state index in [1.165, 1.54) is 18.2 Å². The van der Waals surface area contributed by atoms with Gasteiger partial charge in [-0.25, -0.2) is 18.8 Å². The van der Waals surface area contributed by atoms with Crippen molar-refractivity contribution in [1.82, 2.24) is 5.32 Å². The number of aliphatic hydroxyl groups is 1. The summed E-state index contributed by atoms with van der Waals surface area (Å²) in [6.45, 7) is -0.722. The number of ether oxygens (including phenoxy) is 1. The number of amides is 1. The minimum absolute atomic E-state index is 0.0417. The second-order valence-corrected chi connectivity index (χ2v) is 7.83. The Morgan fingerprint density at radius 3 is 2.22 bits per heavy atom. The van der Waals surface area contributed by atoms with E-state index in [9.17, 15) is 31.9 Å². The number of nitrogens with one attached hydrogen (secondary N) is 2. The van der Waals surface area contributed by atoms with Gasteiger partial charge in [0.1, 0.15) is 16.8 Å². The number of carbonyl (C=O) groups is 4. The molecule has 0 spiro atoms. The minimum Gasteiger partial charge on any atom is -0.480 e. The Kier molecular flexibility index (Phi) is 11.0. The maximum atomic E-state index is 14.0. The highest BCUT2D eigenvalue weighted by Gasteiger charge is 2.38. The van der Waals surface area contributed by atoms with Gasteiger partial charge in [-0.2, -0.15) is 13.2 Å². The fraction of sp³-hybridized carbons (Fsp3) is 0.250. The molecule has 196 valence electrons. The normalized spacial score (nSPS) is 11.5. The van der Waals surface area contributed by atoms with Crippen LogP contribution in [0.2, 0.25) is 0 Å². The molecule has 36 heavy (non-hydrogen) atoms. The lowest BCUT2D eigenvalue weighted by Gasteiger charge is -2.10. The number of aliphatic hydroxyl groups excluding tert-OH is 1. The average molecular weight is 537 g/mol. The molecule has 2 aromatic rings. The molecule has 1 heterocycles. The molecule has 11 nitrogen and oxygen atoms in total. The van der Waals surface area contributed by atoms with Crippen LogP contribution in [0.25, 0.3) is 0 Å². The largest absolute Gasteiger partial charge is 0.490 e. The summed E-state index contributed by atoms with van der Waals surface area (Å²) in [5.74, 6) is -6.90. The van der Waals surface area contributed by atoms with Crippen LogP contribution in [0.4, 0.5) is 17.6 Å². The number of rotatable bonds is 9. The van der Waals surface area contributed by atoms with Crippen molar-refractivity contribution in [3.05, 3.63) is 51.5 Å². The van der Waals surface area contributed by atoms with E-state index in [1.807, 2.05) is 0 Å². The van der Waals surface area contributed by atoms with E-state index in [-0.39, 0.29) is 34.9 Å². The molecule has 1 aromatic carbocycles. The molecule has 0 radical (unpaired) electrons. The third-order valence-corrected chi connectivity index (χ3v) is 5.09. The van der Waals surface area contributed by atoms with E-state index in [0.717, 1.165) is 17.4 Å². The molecule has 1 amide bonds. The summed E-state index contributed by atoms with van der Waals surface area (Å²) in [5.41, 5.74) is 5.43. The van der Waals surface area contributed by atoms with Crippen molar-refractivity contribution in [3.8, 4) is 5.75 Å². The molecule has 7 N–H and O–H groups in total. The van der Waals surface area contributed by atoms with Crippen molar-refractivity contribution in [2.75, 3.05) is 6.61 Å². The Bertz CT molecular complexity index is 1140. The van der Waals surface area contributed by atoms with Crippen LogP contribution in [0.5, 0.6) is 5.75 Å². The highest BCUT2D eigenvalue weighted by molar-refractivity contribution is 7.13. The van der Waals surface area contributed by atoms with E-state index < -0.39 is 48.5 Å². The van der Waals surface area contributed by atoms with Crippen LogP contribution in [0.15, 0.2) is 30.3 Å². The SMILES string of the molecule is N=C(N)c1ccc(OC(=O)c2ccc(CCC(=O)N[C@@H](CO)C(=O)O)s2)c(F)c1.O=C(O)C(F)(F)F. The summed E-state index contributed by atoms with van der Waals surface area (Å²) in [6, 6.07) is 5.23. The van der Waals surface area contributed by atoms with Crippen molar-refractivity contribution < 1.29 is 56.8 Å². The number of carboxylic acids is 2. The highest BCUT2D eigenvalue weighted by atomic mass is 32.1. The molecule has 0 saturated heterocycles. The van der Waals surface area contributed by atoms with Gasteiger partial charge in [-0.15, -0.1) is 11.3 Å². The number of hydrogen-bond donors (Lipinski definition) is 6. The fourth-order valence-corrected chi connectivity index (χ4v) is 3.10. The van der Waals surface area contributed by atoms with E-state index in [4.69, 9.17) is 36.0 Å². The van der Waals surface area contributed by atoms with Crippen molar-refractivity contribution >= 4 is 41.0 Å². The van der Waals surface area contributed by atoms with Crippen molar-refractivity contribution in [2.45, 2.75) is 25.1 Å². The molecular weight excluding hydrogens is 518 g/mol. The van der Waals surface area contributed by atoms with Crippen molar-refractivity contribution in [3.63, 3.8) is 0 Å². The molecule has 0 aliphatic rings. The first-order valence-corrected chi connectivity index (χ1v) is 10.3. The Balaban J connectivity index is 0.000000809. The Labute approximate surface area is 203 Å². The number of alkyl halides is 3. The monoisotopic (exact) mass is 537 g/mol. The molecular formula is C20H19F4N3O8S. The third kappa shape index (κ3) is 9.67. The number of nitrogen functional groups attached to an aromatic ring is 1. The zero-order valence-electron chi connectivity index (χ0n) is 18.0. The number of aryl methyl sites for hydroxylation is 1. The van der Waals surface area contributed by atoms with Crippen LogP contribution in [-0.4, -0.2) is 63.8 Å². The number of hydrogen-bond acceptors (Lipinski definition) is 8. The summed E-state index contributed by atoms with van der Waals surface area (Å²) >= 11 is 1.05. The Morgan fingerprint density at radius 2 is 1.75 bits per heavy atom. The second-order valence-electron chi connectivity index (χ2n) is 6.66. The molecule has 0 aliphatic heterocycles. The smallest absolute Gasteiger partial charge is 0.480 e. The van der Waals surface area contributed by atoms with Gasteiger partial charge in [0.25, 0.3) is 0 Å². The minimum atomic E-state index is -5.08. The molecule has 0 saturated carbocycles. The number of esters is 1. The Morgan fingerprint density at radius 1 is 1.14 bits per heavy atom. The predicted molar refractivity (Wildman–Crippen MR) is 115 cm³/mol. The first kappa shape index (κ1) is 30.0. The first-order chi connectivity index (χ1) is 16.6. The summed E-state index contributed by atoms with van der Waals surface area (Å²) in [5, 5.41) is 34.2. The molecule has 0 unspecified atom stereocenters. The molecule has 0 aliphatic carbocycles. The number of nitrogens with two attached hydrogens (primary N) is 1. The first-order valence-electron chi connectivity index (χ1n) is 9.53. The third-order valence-electron chi connectivity index (χ3n) is 3.97. The van der Waals surface area contributed by atoms with E-state index in [0.29, 0.717) is 4.88 Å². The quantitative estimate of drug-likeness (QED) is 0.0902. The topological polar surface area (TPSA) is 200 Å². The molecule has 1 atom stereocenters. The van der Waals surface area contributed by atoms with Crippen LogP contribution in [0.1, 0.15) is 26.5 Å². The zero-order chi connectivity index (χ0) is 27.6. The number of benzene rings is 1. The van der Waals surface area contributed by atoms with Gasteiger partial charge in [0, 0.05) is 16.9 Å². The lowest BCUT2D eigenvalue weighted by atomic mass is 10.2. The van der Waals surface area contributed by atoms with Gasteiger partial charge >= 0.3 is 24.1 Å². The molecule has 16 heteroatoms. The van der Waals surface area contributed by atoms with Gasteiger partial charge < -0.3 is 31.1 Å². The number of amidine groups is 1. The number of aliphatic carboxylic acids is 2. The number of carboxylic acid groups (broad SMARTS) is 2. The second kappa shape index (κ2) is 13.1. The van der Waals surface area contributed by atoms with Crippen LogP contribution in [0.3, 0.4) is 0 Å². The standard InChI is InChI=1S/C18H18FN3O6S.C2HF3O2/c19-11-7-9(16(20)21)1-4-13(11)28-18(27)14-5-2-10(29-14)3-6-15(24)22-12(8-23)17(25)26;3-2(4,5)1(6)7/h1-2,4-5,7,12,23H,3,6,8H2,(H3,20,21)(H,22,24)(H,25,26);(H,6,7)/t12-;/m0./s1. The number of thiophene rings is 1. The van der Waals surface area contributed by atoms with E-state index in [1.54, 1.807) is 6.07 Å². The van der Waals surface area contributed by atoms with Gasteiger partial charge in [0.2, 0.25) is 5.91 Å². The summed E-state index contributed by atoms with van der Waals surface area (Å²) in [4.78, 5) is 44.4. The maximum Gasteiger partial charge on any atom is 0.490 e. The Hall–Kier alpha value is -4.05. The lowest BCUT2D eigenvalue weighted by Crippen LogP contribution is -2.43. The van der Waals surface area contributed by atoms with Crippen LogP contribution in [0, 0.1) is 11.2 Å². The average Bonchev–Trinajstić information content (AvgIpc) is 3.26. The van der Waals surface area contributed by atoms with Crippen LogP contribution >= 0.6 is 11.3 Å².